The highest BCUT2D eigenvalue weighted by atomic mass is 16.5. The van der Waals surface area contributed by atoms with Crippen molar-refractivity contribution in [1.82, 2.24) is 5.32 Å². The molecule has 19 heavy (non-hydrogen) atoms. The second-order valence-electron chi connectivity index (χ2n) is 5.80. The number of hydrogen-bond donors (Lipinski definition) is 1. The third kappa shape index (κ3) is 3.63. The standard InChI is InChI=1S/C16H26N2O/c1-12-10-17-14(3)7-8-18(11-12)16-6-5-15(19-4)9-13(16)2/h5-6,9,12,14,17H,7-8,10-11H2,1-4H3. The summed E-state index contributed by atoms with van der Waals surface area (Å²) in [6, 6.07) is 6.98. The summed E-state index contributed by atoms with van der Waals surface area (Å²) < 4.78 is 5.29. The van der Waals surface area contributed by atoms with Gasteiger partial charge in [-0.15, -0.1) is 0 Å². The summed E-state index contributed by atoms with van der Waals surface area (Å²) in [6.07, 6.45) is 1.19. The van der Waals surface area contributed by atoms with Gasteiger partial charge in [-0.1, -0.05) is 6.92 Å². The number of ether oxygens (including phenoxy) is 1. The Labute approximate surface area is 116 Å². The molecule has 0 aliphatic carbocycles. The lowest BCUT2D eigenvalue weighted by atomic mass is 10.0. The Morgan fingerprint density at radius 1 is 1.32 bits per heavy atom. The van der Waals surface area contributed by atoms with Crippen LogP contribution in [0.2, 0.25) is 0 Å². The zero-order valence-corrected chi connectivity index (χ0v) is 12.6. The molecule has 1 heterocycles. The van der Waals surface area contributed by atoms with E-state index in [0.717, 1.165) is 25.4 Å². The first-order valence-corrected chi connectivity index (χ1v) is 7.23. The molecule has 0 bridgehead atoms. The van der Waals surface area contributed by atoms with Gasteiger partial charge in [0.1, 0.15) is 5.75 Å². The van der Waals surface area contributed by atoms with Crippen LogP contribution in [0.15, 0.2) is 18.2 Å². The van der Waals surface area contributed by atoms with E-state index < -0.39 is 0 Å². The normalized spacial score (nSPS) is 24.7. The van der Waals surface area contributed by atoms with Crippen molar-refractivity contribution in [3.63, 3.8) is 0 Å². The molecule has 1 aromatic rings. The molecule has 1 fully saturated rings. The van der Waals surface area contributed by atoms with Gasteiger partial charge < -0.3 is 15.0 Å². The number of methoxy groups -OCH3 is 1. The van der Waals surface area contributed by atoms with Crippen molar-refractivity contribution in [2.24, 2.45) is 5.92 Å². The van der Waals surface area contributed by atoms with E-state index in [1.807, 2.05) is 0 Å². The van der Waals surface area contributed by atoms with Crippen LogP contribution in [0, 0.1) is 12.8 Å². The lowest BCUT2D eigenvalue weighted by Crippen LogP contribution is -2.42. The van der Waals surface area contributed by atoms with E-state index in [4.69, 9.17) is 4.74 Å². The Hall–Kier alpha value is -1.22. The fourth-order valence-corrected chi connectivity index (χ4v) is 2.71. The Morgan fingerprint density at radius 3 is 2.79 bits per heavy atom. The first-order chi connectivity index (χ1) is 9.10. The molecule has 3 heteroatoms. The lowest BCUT2D eigenvalue weighted by molar-refractivity contribution is 0.409. The summed E-state index contributed by atoms with van der Waals surface area (Å²) in [5.74, 6) is 1.61. The molecular weight excluding hydrogens is 236 g/mol. The minimum atomic E-state index is 0.601. The van der Waals surface area contributed by atoms with E-state index in [1.54, 1.807) is 7.11 Å². The Bertz CT molecular complexity index is 419. The van der Waals surface area contributed by atoms with E-state index >= 15 is 0 Å². The van der Waals surface area contributed by atoms with Gasteiger partial charge in [0, 0.05) is 24.8 Å². The van der Waals surface area contributed by atoms with Gasteiger partial charge in [-0.25, -0.2) is 0 Å². The van der Waals surface area contributed by atoms with E-state index in [0.29, 0.717) is 12.0 Å². The topological polar surface area (TPSA) is 24.5 Å². The molecule has 0 spiro atoms. The third-order valence-electron chi connectivity index (χ3n) is 3.92. The third-order valence-corrected chi connectivity index (χ3v) is 3.92. The van der Waals surface area contributed by atoms with Gasteiger partial charge in [0.05, 0.1) is 7.11 Å². The van der Waals surface area contributed by atoms with Crippen LogP contribution in [-0.2, 0) is 0 Å². The number of benzene rings is 1. The highest BCUT2D eigenvalue weighted by molar-refractivity contribution is 5.56. The fraction of sp³-hybridized carbons (Fsp3) is 0.625. The molecule has 1 aromatic carbocycles. The molecule has 0 saturated carbocycles. The second kappa shape index (κ2) is 6.29. The van der Waals surface area contributed by atoms with Crippen molar-refractivity contribution in [1.29, 1.82) is 0 Å². The number of nitrogens with zero attached hydrogens (tertiary/aromatic N) is 1. The lowest BCUT2D eigenvalue weighted by Gasteiger charge is -2.33. The van der Waals surface area contributed by atoms with E-state index in [1.165, 1.54) is 17.7 Å². The van der Waals surface area contributed by atoms with Crippen LogP contribution in [0.4, 0.5) is 5.69 Å². The van der Waals surface area contributed by atoms with Gasteiger partial charge in [-0.3, -0.25) is 0 Å². The quantitative estimate of drug-likeness (QED) is 0.887. The Morgan fingerprint density at radius 2 is 2.11 bits per heavy atom. The van der Waals surface area contributed by atoms with E-state index in [9.17, 15) is 0 Å². The zero-order valence-electron chi connectivity index (χ0n) is 12.6. The SMILES string of the molecule is COc1ccc(N2CCC(C)NCC(C)C2)c(C)c1. The molecule has 1 aliphatic rings. The second-order valence-corrected chi connectivity index (χ2v) is 5.80. The highest BCUT2D eigenvalue weighted by Crippen LogP contribution is 2.26. The van der Waals surface area contributed by atoms with Crippen molar-refractivity contribution in [3.05, 3.63) is 23.8 Å². The fourth-order valence-electron chi connectivity index (χ4n) is 2.71. The van der Waals surface area contributed by atoms with Crippen molar-refractivity contribution < 1.29 is 4.74 Å². The van der Waals surface area contributed by atoms with E-state index in [-0.39, 0.29) is 0 Å². The smallest absolute Gasteiger partial charge is 0.119 e. The summed E-state index contributed by atoms with van der Waals surface area (Å²) in [6.45, 7) is 10.1. The first kappa shape index (κ1) is 14.2. The van der Waals surface area contributed by atoms with Crippen LogP contribution < -0.4 is 15.0 Å². The molecule has 2 unspecified atom stereocenters. The highest BCUT2D eigenvalue weighted by Gasteiger charge is 2.18. The maximum absolute atomic E-state index is 5.29. The number of nitrogens with one attached hydrogen (secondary N) is 1. The molecule has 2 atom stereocenters. The van der Waals surface area contributed by atoms with E-state index in [2.05, 4.69) is 49.2 Å². The van der Waals surface area contributed by atoms with Crippen LogP contribution in [-0.4, -0.2) is 32.8 Å². The average Bonchev–Trinajstić information content (AvgIpc) is 2.39. The number of hydrogen-bond acceptors (Lipinski definition) is 3. The summed E-state index contributed by atoms with van der Waals surface area (Å²) in [5, 5.41) is 3.59. The van der Waals surface area contributed by atoms with Gasteiger partial charge >= 0.3 is 0 Å². The molecule has 1 aliphatic heterocycles. The maximum Gasteiger partial charge on any atom is 0.119 e. The monoisotopic (exact) mass is 262 g/mol. The van der Waals surface area contributed by atoms with Crippen molar-refractivity contribution >= 4 is 5.69 Å². The van der Waals surface area contributed by atoms with Crippen molar-refractivity contribution in [3.8, 4) is 5.75 Å². The van der Waals surface area contributed by atoms with Crippen LogP contribution in [0.25, 0.3) is 0 Å². The van der Waals surface area contributed by atoms with Gasteiger partial charge in [0.25, 0.3) is 0 Å². The molecule has 0 radical (unpaired) electrons. The summed E-state index contributed by atoms with van der Waals surface area (Å²) >= 11 is 0. The molecule has 0 aromatic heterocycles. The molecule has 2 rings (SSSR count). The van der Waals surface area contributed by atoms with Gasteiger partial charge in [0.2, 0.25) is 0 Å². The van der Waals surface area contributed by atoms with Crippen LogP contribution in [0.5, 0.6) is 5.75 Å². The van der Waals surface area contributed by atoms with Gasteiger partial charge in [0.15, 0.2) is 0 Å². The van der Waals surface area contributed by atoms with Crippen LogP contribution in [0.3, 0.4) is 0 Å². The first-order valence-electron chi connectivity index (χ1n) is 7.23. The molecule has 1 saturated heterocycles. The van der Waals surface area contributed by atoms with Gasteiger partial charge in [-0.05, 0) is 56.5 Å². The number of anilines is 1. The maximum atomic E-state index is 5.29. The van der Waals surface area contributed by atoms with Crippen LogP contribution in [0.1, 0.15) is 25.8 Å². The predicted octanol–water partition coefficient (Wildman–Crippen LogP) is 2.83. The summed E-state index contributed by atoms with van der Waals surface area (Å²) in [7, 11) is 1.72. The summed E-state index contributed by atoms with van der Waals surface area (Å²) in [5.41, 5.74) is 2.65. The summed E-state index contributed by atoms with van der Waals surface area (Å²) in [4.78, 5) is 2.52. The molecule has 0 amide bonds. The molecule has 3 nitrogen and oxygen atoms in total. The minimum absolute atomic E-state index is 0.601. The Balaban J connectivity index is 2.18. The Kier molecular flexibility index (Phi) is 4.70. The van der Waals surface area contributed by atoms with Gasteiger partial charge in [-0.2, -0.15) is 0 Å². The molecule has 106 valence electrons. The van der Waals surface area contributed by atoms with Crippen molar-refractivity contribution in [2.75, 3.05) is 31.6 Å². The van der Waals surface area contributed by atoms with Crippen LogP contribution >= 0.6 is 0 Å². The predicted molar refractivity (Wildman–Crippen MR) is 81.2 cm³/mol. The molecular formula is C16H26N2O. The minimum Gasteiger partial charge on any atom is -0.497 e. The average molecular weight is 262 g/mol. The number of rotatable bonds is 2. The molecule has 1 N–H and O–H groups in total. The zero-order chi connectivity index (χ0) is 13.8. The number of aryl methyl sites for hydroxylation is 1. The van der Waals surface area contributed by atoms with Crippen molar-refractivity contribution in [2.45, 2.75) is 33.2 Å². The largest absolute Gasteiger partial charge is 0.497 e.